The fraction of sp³-hybridized carbons (Fsp3) is 0.304. The van der Waals surface area contributed by atoms with E-state index in [9.17, 15) is 28.0 Å². The molecule has 0 bridgehead atoms. The van der Waals surface area contributed by atoms with E-state index in [-0.39, 0.29) is 18.1 Å². The van der Waals surface area contributed by atoms with Gasteiger partial charge in [-0.1, -0.05) is 6.07 Å². The molecular weight excluding hydrogens is 492 g/mol. The summed E-state index contributed by atoms with van der Waals surface area (Å²) in [6.07, 6.45) is -0.0581. The van der Waals surface area contributed by atoms with Gasteiger partial charge in [0.25, 0.3) is 5.56 Å². The Labute approximate surface area is 209 Å². The maximum Gasteiger partial charge on any atom is 0.410 e. The third-order valence-electron chi connectivity index (χ3n) is 5.45. The van der Waals surface area contributed by atoms with Crippen LogP contribution in [-0.2, 0) is 23.8 Å². The number of carboxylic acid groups (broad SMARTS) is 1. The van der Waals surface area contributed by atoms with Gasteiger partial charge in [-0.05, 0) is 50.1 Å². The van der Waals surface area contributed by atoms with Gasteiger partial charge in [-0.2, -0.15) is 13.5 Å². The highest BCUT2D eigenvalue weighted by Crippen LogP contribution is 2.24. The molecule has 4 N–H and O–H groups in total. The maximum atomic E-state index is 14.5. The zero-order valence-corrected chi connectivity index (χ0v) is 20.2. The van der Waals surface area contributed by atoms with Gasteiger partial charge in [0.2, 0.25) is 5.91 Å². The number of hydrogen-bond donors (Lipinski definition) is 4. The summed E-state index contributed by atoms with van der Waals surface area (Å²) in [5.74, 6) is -3.91. The third kappa shape index (κ3) is 6.54. The van der Waals surface area contributed by atoms with Gasteiger partial charge in [0.1, 0.15) is 24.6 Å². The van der Waals surface area contributed by atoms with Crippen molar-refractivity contribution in [1.29, 1.82) is 0 Å². The van der Waals surface area contributed by atoms with Gasteiger partial charge < -0.3 is 15.8 Å². The number of anilines is 1. The summed E-state index contributed by atoms with van der Waals surface area (Å²) in [6, 6.07) is 6.55. The Morgan fingerprint density at radius 3 is 2.49 bits per heavy atom. The number of aromatic nitrogens is 4. The van der Waals surface area contributed by atoms with Gasteiger partial charge in [0.05, 0.1) is 0 Å². The highest BCUT2D eigenvalue weighted by Gasteiger charge is 2.33. The van der Waals surface area contributed by atoms with Crippen molar-refractivity contribution in [3.8, 4) is 0 Å². The Hall–Kier alpha value is -4.62. The van der Waals surface area contributed by atoms with Crippen molar-refractivity contribution in [3.63, 3.8) is 0 Å². The van der Waals surface area contributed by atoms with Crippen molar-refractivity contribution in [2.45, 2.75) is 39.8 Å². The number of carbonyl (C=O) groups is 2. The van der Waals surface area contributed by atoms with Crippen LogP contribution in [0.4, 0.5) is 19.4 Å². The first-order valence-electron chi connectivity index (χ1n) is 11.0. The van der Waals surface area contributed by atoms with Crippen LogP contribution >= 0.6 is 0 Å². The number of pyridine rings is 2. The molecule has 0 saturated heterocycles. The summed E-state index contributed by atoms with van der Waals surface area (Å²) in [6.45, 7) is 3.30. The number of aryl methyl sites for hydroxylation is 3. The number of hydrogen-bond acceptors (Lipinski definition) is 7. The summed E-state index contributed by atoms with van der Waals surface area (Å²) in [7, 11) is 0. The molecule has 3 aromatic heterocycles. The zero-order valence-electron chi connectivity index (χ0n) is 20.2. The molecule has 37 heavy (non-hydrogen) atoms. The molecule has 0 saturated carbocycles. The van der Waals surface area contributed by atoms with Crippen LogP contribution in [0.2, 0.25) is 0 Å². The Kier molecular flexibility index (Phi) is 8.00. The summed E-state index contributed by atoms with van der Waals surface area (Å²) < 4.78 is 30.3. The lowest BCUT2D eigenvalue weighted by molar-refractivity contribution is -0.121. The van der Waals surface area contributed by atoms with E-state index in [1.807, 2.05) is 0 Å². The van der Waals surface area contributed by atoms with E-state index in [0.717, 1.165) is 16.7 Å². The van der Waals surface area contributed by atoms with Crippen LogP contribution in [0, 0.1) is 20.8 Å². The summed E-state index contributed by atoms with van der Waals surface area (Å²) in [4.78, 5) is 56.3. The van der Waals surface area contributed by atoms with Gasteiger partial charge in [-0.25, -0.2) is 14.6 Å². The van der Waals surface area contributed by atoms with Crippen molar-refractivity contribution in [3.05, 3.63) is 85.6 Å². The Morgan fingerprint density at radius 2 is 1.86 bits per heavy atom. The molecular formula is C23H25F2N7O5. The second kappa shape index (κ2) is 11.0. The standard InChI is InChI=1S/C23H25F2N7O5/c1-13-8-18(30-21(35)36)29-15(3)16(13)10-27-19(33)11-31-14(2)9-20(34)32(22(31)37)28-12-23(24,25)17-6-4-5-7-26-17/h4-9,28H,10-12H2,1-3H3,(H,27,33)(H,29,30)(H,35,36). The predicted molar refractivity (Wildman–Crippen MR) is 129 cm³/mol. The van der Waals surface area contributed by atoms with Crippen LogP contribution in [0.25, 0.3) is 0 Å². The zero-order chi connectivity index (χ0) is 27.3. The van der Waals surface area contributed by atoms with Crippen molar-refractivity contribution in [1.82, 2.24) is 24.5 Å². The molecule has 0 aliphatic carbocycles. The minimum atomic E-state index is -3.47. The molecule has 0 radical (unpaired) electrons. The molecule has 0 aliphatic heterocycles. The summed E-state index contributed by atoms with van der Waals surface area (Å²) >= 11 is 0. The van der Waals surface area contributed by atoms with Crippen molar-refractivity contribution >= 4 is 17.8 Å². The van der Waals surface area contributed by atoms with Gasteiger partial charge in [0.15, 0.2) is 0 Å². The van der Waals surface area contributed by atoms with Crippen LogP contribution in [0.1, 0.15) is 28.2 Å². The molecule has 3 aromatic rings. The molecule has 0 atom stereocenters. The first-order valence-corrected chi connectivity index (χ1v) is 11.0. The number of carbonyl (C=O) groups excluding carboxylic acids is 1. The lowest BCUT2D eigenvalue weighted by Crippen LogP contribution is -2.48. The largest absolute Gasteiger partial charge is 0.465 e. The van der Waals surface area contributed by atoms with Crippen LogP contribution in [0.15, 0.2) is 46.1 Å². The van der Waals surface area contributed by atoms with Gasteiger partial charge >= 0.3 is 17.7 Å². The molecule has 12 nitrogen and oxygen atoms in total. The summed E-state index contributed by atoms with van der Waals surface area (Å²) in [5, 5.41) is 13.6. The lowest BCUT2D eigenvalue weighted by atomic mass is 10.1. The fourth-order valence-electron chi connectivity index (χ4n) is 3.56. The molecule has 0 aliphatic rings. The minimum absolute atomic E-state index is 0.0405. The lowest BCUT2D eigenvalue weighted by Gasteiger charge is -2.19. The molecule has 0 aromatic carbocycles. The quantitative estimate of drug-likeness (QED) is 0.332. The number of alkyl halides is 2. The summed E-state index contributed by atoms with van der Waals surface area (Å²) in [5.41, 5.74) is 1.75. The van der Waals surface area contributed by atoms with Crippen molar-refractivity contribution in [2.75, 3.05) is 17.3 Å². The molecule has 3 rings (SSSR count). The molecule has 0 unspecified atom stereocenters. The highest BCUT2D eigenvalue weighted by atomic mass is 19.3. The third-order valence-corrected chi connectivity index (χ3v) is 5.45. The highest BCUT2D eigenvalue weighted by molar-refractivity contribution is 5.81. The van der Waals surface area contributed by atoms with E-state index in [1.165, 1.54) is 31.3 Å². The molecule has 0 fully saturated rings. The normalized spacial score (nSPS) is 11.2. The van der Waals surface area contributed by atoms with E-state index in [4.69, 9.17) is 5.11 Å². The van der Waals surface area contributed by atoms with Crippen LogP contribution in [0.5, 0.6) is 0 Å². The van der Waals surface area contributed by atoms with Crippen LogP contribution in [0.3, 0.4) is 0 Å². The Morgan fingerprint density at radius 1 is 1.14 bits per heavy atom. The number of amides is 2. The van der Waals surface area contributed by atoms with E-state index in [1.54, 1.807) is 13.8 Å². The number of rotatable bonds is 9. The molecule has 14 heteroatoms. The smallest absolute Gasteiger partial charge is 0.410 e. The topological polar surface area (TPSA) is 160 Å². The van der Waals surface area contributed by atoms with Gasteiger partial charge in [0, 0.05) is 30.2 Å². The number of nitrogens with one attached hydrogen (secondary N) is 3. The minimum Gasteiger partial charge on any atom is -0.465 e. The van der Waals surface area contributed by atoms with Crippen molar-refractivity contribution in [2.24, 2.45) is 0 Å². The van der Waals surface area contributed by atoms with Crippen molar-refractivity contribution < 1.29 is 23.5 Å². The second-order valence-electron chi connectivity index (χ2n) is 8.18. The number of halogens is 2. The second-order valence-corrected chi connectivity index (χ2v) is 8.18. The first-order chi connectivity index (χ1) is 17.4. The monoisotopic (exact) mass is 517 g/mol. The van der Waals surface area contributed by atoms with Crippen LogP contribution in [-0.4, -0.2) is 42.9 Å². The molecule has 3 heterocycles. The van der Waals surface area contributed by atoms with Crippen LogP contribution < -0.4 is 27.3 Å². The Balaban J connectivity index is 1.73. The average Bonchev–Trinajstić information content (AvgIpc) is 2.81. The average molecular weight is 517 g/mol. The molecule has 196 valence electrons. The molecule has 2 amide bonds. The van der Waals surface area contributed by atoms with E-state index in [0.29, 0.717) is 21.5 Å². The number of nitrogens with zero attached hydrogens (tertiary/aromatic N) is 4. The van der Waals surface area contributed by atoms with E-state index < -0.39 is 48.0 Å². The maximum absolute atomic E-state index is 14.5. The van der Waals surface area contributed by atoms with Gasteiger partial charge in [-0.3, -0.25) is 24.5 Å². The SMILES string of the molecule is Cc1cc(NC(=O)O)nc(C)c1CNC(=O)Cn1c(C)cc(=O)n(NCC(F)(F)c2ccccn2)c1=O. The molecule has 0 spiro atoms. The van der Waals surface area contributed by atoms with E-state index in [2.05, 4.69) is 26.0 Å². The van der Waals surface area contributed by atoms with E-state index >= 15 is 0 Å². The fourth-order valence-corrected chi connectivity index (χ4v) is 3.56. The van der Waals surface area contributed by atoms with Gasteiger partial charge in [-0.15, -0.1) is 0 Å². The predicted octanol–water partition coefficient (Wildman–Crippen LogP) is 1.47. The Bertz CT molecular complexity index is 1410. The first kappa shape index (κ1) is 27.0.